The smallest absolute Gasteiger partial charge is 0.324 e. The fourth-order valence-electron chi connectivity index (χ4n) is 3.60. The molecule has 11 heteroatoms. The van der Waals surface area contributed by atoms with Gasteiger partial charge in [0.1, 0.15) is 12.4 Å². The Hall–Kier alpha value is -2.27. The summed E-state index contributed by atoms with van der Waals surface area (Å²) in [6.45, 7) is 10.6. The van der Waals surface area contributed by atoms with Crippen LogP contribution in [0.15, 0.2) is 29.5 Å². The van der Waals surface area contributed by atoms with Crippen molar-refractivity contribution in [3.8, 4) is 0 Å². The van der Waals surface area contributed by atoms with Crippen LogP contribution in [-0.2, 0) is 20.8 Å². The predicted octanol–water partition coefficient (Wildman–Crippen LogP) is 3.35. The molecule has 2 rings (SSSR count). The molecule has 1 saturated heterocycles. The second kappa shape index (κ2) is 11.7. The lowest BCUT2D eigenvalue weighted by molar-refractivity contribution is -0.162. The number of carbonyl (C=O) groups excluding carboxylic acids is 1. The number of nitrogens with one attached hydrogen (secondary N) is 1. The average Bonchev–Trinajstić information content (AvgIpc) is 2.76. The average molecular weight is 488 g/mol. The van der Waals surface area contributed by atoms with Gasteiger partial charge in [0.05, 0.1) is 5.69 Å². The van der Waals surface area contributed by atoms with Gasteiger partial charge in [-0.2, -0.15) is 13.8 Å². The first-order chi connectivity index (χ1) is 15.5. The number of nitrogens with two attached hydrogens (primary N) is 1. The van der Waals surface area contributed by atoms with Gasteiger partial charge in [0, 0.05) is 50.8 Å². The van der Waals surface area contributed by atoms with Crippen LogP contribution in [0.1, 0.15) is 31.4 Å². The van der Waals surface area contributed by atoms with Gasteiger partial charge in [-0.15, -0.1) is 0 Å². The van der Waals surface area contributed by atoms with Crippen molar-refractivity contribution in [2.75, 3.05) is 33.4 Å². The number of ether oxygens (including phenoxy) is 2. The number of hydrazine groups is 1. The molecule has 1 amide bonds. The number of hydrogen-bond acceptors (Lipinski definition) is 6. The van der Waals surface area contributed by atoms with E-state index in [1.807, 2.05) is 13.0 Å². The topological polar surface area (TPSA) is 92.4 Å². The summed E-state index contributed by atoms with van der Waals surface area (Å²) in [5.41, 5.74) is 4.71. The molecule has 8 nitrogen and oxygen atoms in total. The molecule has 0 aliphatic carbocycles. The number of alkyl halides is 2. The summed E-state index contributed by atoms with van der Waals surface area (Å²) < 4.78 is 38.2. The fraction of sp³-hybridized carbons (Fsp3) is 0.545. The molecule has 0 radical (unpaired) electrons. The number of piperazine rings is 1. The largest absolute Gasteiger partial charge is 0.428 e. The number of carbonyl (C=O) groups is 1. The summed E-state index contributed by atoms with van der Waals surface area (Å²) in [7, 11) is 1.51. The lowest BCUT2D eigenvalue weighted by Gasteiger charge is -2.41. The van der Waals surface area contributed by atoms with E-state index in [0.717, 1.165) is 11.1 Å². The van der Waals surface area contributed by atoms with Crippen molar-refractivity contribution >= 4 is 29.2 Å². The fourth-order valence-corrected chi connectivity index (χ4v) is 3.84. The summed E-state index contributed by atoms with van der Waals surface area (Å²) in [5.74, 6) is 1.40. The van der Waals surface area contributed by atoms with E-state index >= 15 is 0 Å². The monoisotopic (exact) mass is 487 g/mol. The third-order valence-corrected chi connectivity index (χ3v) is 5.69. The van der Waals surface area contributed by atoms with E-state index in [2.05, 4.69) is 21.9 Å². The zero-order valence-corrected chi connectivity index (χ0v) is 20.2. The molecule has 0 saturated carbocycles. The van der Waals surface area contributed by atoms with Crippen molar-refractivity contribution in [2.45, 2.75) is 45.7 Å². The second-order valence-corrected chi connectivity index (χ2v) is 8.42. The molecule has 0 aromatic heterocycles. The Labute approximate surface area is 198 Å². The van der Waals surface area contributed by atoms with Crippen LogP contribution in [0.25, 0.3) is 0 Å². The predicted molar refractivity (Wildman–Crippen MR) is 124 cm³/mol. The number of rotatable bonds is 8. The molecule has 184 valence electrons. The molecule has 1 fully saturated rings. The normalized spacial score (nSPS) is 17.8. The molecule has 0 spiro atoms. The molecule has 1 aromatic rings. The van der Waals surface area contributed by atoms with Crippen molar-refractivity contribution in [3.05, 3.63) is 40.6 Å². The number of methoxy groups -OCH3 is 1. The van der Waals surface area contributed by atoms with Gasteiger partial charge >= 0.3 is 11.9 Å². The Morgan fingerprint density at radius 2 is 2.12 bits per heavy atom. The van der Waals surface area contributed by atoms with Crippen LogP contribution >= 0.6 is 11.6 Å². The van der Waals surface area contributed by atoms with Crippen molar-refractivity contribution in [1.29, 1.82) is 0 Å². The van der Waals surface area contributed by atoms with Crippen molar-refractivity contribution in [1.82, 2.24) is 15.2 Å². The molecule has 1 atom stereocenters. The van der Waals surface area contributed by atoms with E-state index in [1.54, 1.807) is 13.0 Å². The van der Waals surface area contributed by atoms with Gasteiger partial charge in [-0.25, -0.2) is 5.84 Å². The van der Waals surface area contributed by atoms with Crippen LogP contribution < -0.4 is 11.3 Å². The summed E-state index contributed by atoms with van der Waals surface area (Å²) in [6, 6.07) is 3.22. The van der Waals surface area contributed by atoms with Gasteiger partial charge in [-0.1, -0.05) is 25.1 Å². The summed E-state index contributed by atoms with van der Waals surface area (Å²) in [6.07, 6.45) is -0.508. The Kier molecular flexibility index (Phi) is 9.59. The molecule has 1 heterocycles. The summed E-state index contributed by atoms with van der Waals surface area (Å²) >= 11 is 6.33. The maximum atomic E-state index is 13.9. The first-order valence-electron chi connectivity index (χ1n) is 10.6. The molecule has 3 N–H and O–H groups in total. The lowest BCUT2D eigenvalue weighted by atomic mass is 10.0. The Bertz CT molecular complexity index is 897. The van der Waals surface area contributed by atoms with Crippen LogP contribution in [0, 0.1) is 6.92 Å². The van der Waals surface area contributed by atoms with Crippen LogP contribution in [0.3, 0.4) is 0 Å². The number of amidine groups is 1. The molecule has 1 aliphatic heterocycles. The molecular weight excluding hydrogens is 456 g/mol. The first kappa shape index (κ1) is 27.0. The minimum absolute atomic E-state index is 0.0333. The van der Waals surface area contributed by atoms with Crippen molar-refractivity contribution in [3.63, 3.8) is 0 Å². The minimum atomic E-state index is -3.34. The second-order valence-electron chi connectivity index (χ2n) is 7.98. The minimum Gasteiger partial charge on any atom is -0.428 e. The number of halogens is 3. The third kappa shape index (κ3) is 7.10. The third-order valence-electron chi connectivity index (χ3n) is 5.47. The van der Waals surface area contributed by atoms with Crippen LogP contribution in [0.2, 0.25) is 5.02 Å². The van der Waals surface area contributed by atoms with Crippen LogP contribution in [0.4, 0.5) is 14.5 Å². The highest BCUT2D eigenvalue weighted by Crippen LogP contribution is 2.30. The molecule has 1 aliphatic rings. The van der Waals surface area contributed by atoms with Crippen LogP contribution in [0.5, 0.6) is 0 Å². The van der Waals surface area contributed by atoms with E-state index in [1.165, 1.54) is 18.9 Å². The number of amides is 1. The Balaban J connectivity index is 2.16. The van der Waals surface area contributed by atoms with E-state index < -0.39 is 18.3 Å². The first-order valence-corrected chi connectivity index (χ1v) is 11.0. The Morgan fingerprint density at radius 1 is 1.42 bits per heavy atom. The highest BCUT2D eigenvalue weighted by atomic mass is 35.5. The van der Waals surface area contributed by atoms with Gasteiger partial charge in [0.2, 0.25) is 0 Å². The summed E-state index contributed by atoms with van der Waals surface area (Å²) in [5, 5.41) is 0.478. The van der Waals surface area contributed by atoms with Gasteiger partial charge in [0.25, 0.3) is 5.91 Å². The van der Waals surface area contributed by atoms with E-state index in [-0.39, 0.29) is 25.2 Å². The number of aliphatic imine (C=N–C) groups is 1. The molecule has 0 unspecified atom stereocenters. The molecular formula is C22H32ClF2N5O3. The van der Waals surface area contributed by atoms with E-state index in [4.69, 9.17) is 26.9 Å². The summed E-state index contributed by atoms with van der Waals surface area (Å²) in [4.78, 5) is 20.0. The molecule has 0 bridgehead atoms. The van der Waals surface area contributed by atoms with Crippen molar-refractivity contribution < 1.29 is 23.0 Å². The molecule has 1 aromatic carbocycles. The lowest BCUT2D eigenvalue weighted by Crippen LogP contribution is -2.57. The number of hydrogen-bond donors (Lipinski definition) is 2. The quantitative estimate of drug-likeness (QED) is 0.192. The highest BCUT2D eigenvalue weighted by molar-refractivity contribution is 6.31. The standard InChI is InChI=1S/C22H32ClF2N5O3/c1-6-22(24,25)20(31)30-8-7-29(11-14(30)2)12-17-9-18(23)10-19(16(17)4)27-21(28-26)33-15(3)13-32-5/h9-10,14H,3,6-8,11-13,26H2,1-2,4-5H3,(H,27,28)/t14-/m0/s1. The van der Waals surface area contributed by atoms with Crippen LogP contribution in [-0.4, -0.2) is 67.0 Å². The molecule has 33 heavy (non-hydrogen) atoms. The Morgan fingerprint density at radius 3 is 2.70 bits per heavy atom. The zero-order chi connectivity index (χ0) is 24.8. The zero-order valence-electron chi connectivity index (χ0n) is 19.5. The highest BCUT2D eigenvalue weighted by Gasteiger charge is 2.42. The SMILES string of the molecule is C=C(COC)OC(=Nc1cc(Cl)cc(CN2CCN(C(=O)C(F)(F)CC)[C@@H](C)C2)c1C)NN. The maximum absolute atomic E-state index is 13.9. The van der Waals surface area contributed by atoms with Gasteiger partial charge < -0.3 is 14.4 Å². The van der Waals surface area contributed by atoms with E-state index in [0.29, 0.717) is 36.1 Å². The number of benzene rings is 1. The van der Waals surface area contributed by atoms with Gasteiger partial charge in [-0.05, 0) is 37.1 Å². The van der Waals surface area contributed by atoms with E-state index in [9.17, 15) is 13.6 Å². The van der Waals surface area contributed by atoms with Gasteiger partial charge in [0.15, 0.2) is 0 Å². The van der Waals surface area contributed by atoms with Gasteiger partial charge in [-0.3, -0.25) is 15.1 Å². The maximum Gasteiger partial charge on any atom is 0.324 e. The number of nitrogens with zero attached hydrogens (tertiary/aromatic N) is 3. The van der Waals surface area contributed by atoms with Crippen molar-refractivity contribution in [2.24, 2.45) is 10.8 Å².